The van der Waals surface area contributed by atoms with Gasteiger partial charge in [0, 0.05) is 48.8 Å². The van der Waals surface area contributed by atoms with Crippen molar-refractivity contribution in [3.8, 4) is 11.1 Å². The predicted molar refractivity (Wildman–Crippen MR) is 110 cm³/mol. The Morgan fingerprint density at radius 1 is 0.893 bits per heavy atom. The molecule has 146 valence electrons. The van der Waals surface area contributed by atoms with Crippen LogP contribution >= 0.6 is 0 Å². The van der Waals surface area contributed by atoms with E-state index in [2.05, 4.69) is 17.0 Å². The summed E-state index contributed by atoms with van der Waals surface area (Å²) in [7, 11) is 0. The van der Waals surface area contributed by atoms with Crippen molar-refractivity contribution in [3.63, 3.8) is 0 Å². The minimum absolute atomic E-state index is 0.0939. The molecule has 0 radical (unpaired) electrons. The van der Waals surface area contributed by atoms with Gasteiger partial charge in [0.1, 0.15) is 0 Å². The van der Waals surface area contributed by atoms with Crippen LogP contribution in [0.3, 0.4) is 0 Å². The van der Waals surface area contributed by atoms with Crippen LogP contribution in [0.1, 0.15) is 50.1 Å². The van der Waals surface area contributed by atoms with E-state index in [4.69, 9.17) is 0 Å². The van der Waals surface area contributed by atoms with Crippen LogP contribution in [-0.4, -0.2) is 28.5 Å². The Kier molecular flexibility index (Phi) is 4.58. The van der Waals surface area contributed by atoms with Gasteiger partial charge in [-0.25, -0.2) is 0 Å². The highest BCUT2D eigenvalue weighted by Crippen LogP contribution is 2.40. The average molecular weight is 377 g/mol. The van der Waals surface area contributed by atoms with Gasteiger partial charge in [0.05, 0.1) is 0 Å². The van der Waals surface area contributed by atoms with E-state index in [0.29, 0.717) is 11.8 Å². The van der Waals surface area contributed by atoms with Gasteiger partial charge < -0.3 is 9.47 Å². The predicted octanol–water partition coefficient (Wildman–Crippen LogP) is 4.04. The quantitative estimate of drug-likeness (QED) is 0.794. The maximum atomic E-state index is 13.2. The Labute approximate surface area is 166 Å². The second-order valence-corrected chi connectivity index (χ2v) is 8.82. The monoisotopic (exact) mass is 376 g/mol. The number of piperidine rings is 1. The van der Waals surface area contributed by atoms with Gasteiger partial charge in [0.2, 0.25) is 5.91 Å². The molecule has 2 aromatic rings. The van der Waals surface area contributed by atoms with Crippen LogP contribution in [0.15, 0.2) is 47.3 Å². The first kappa shape index (κ1) is 17.7. The number of amides is 1. The number of hydrogen-bond acceptors (Lipinski definition) is 2. The fourth-order valence-corrected chi connectivity index (χ4v) is 5.66. The first-order valence-electron chi connectivity index (χ1n) is 10.8. The van der Waals surface area contributed by atoms with Gasteiger partial charge in [-0.2, -0.15) is 0 Å². The third-order valence-corrected chi connectivity index (χ3v) is 6.94. The Hall–Kier alpha value is -2.36. The van der Waals surface area contributed by atoms with E-state index in [0.717, 1.165) is 55.7 Å². The smallest absolute Gasteiger partial charge is 0.250 e. The van der Waals surface area contributed by atoms with Gasteiger partial charge in [-0.05, 0) is 36.8 Å². The van der Waals surface area contributed by atoms with E-state index in [9.17, 15) is 9.59 Å². The molecular formula is C24H28N2O2. The summed E-state index contributed by atoms with van der Waals surface area (Å²) in [4.78, 5) is 27.9. The summed E-state index contributed by atoms with van der Waals surface area (Å²) in [6.45, 7) is 2.31. The topological polar surface area (TPSA) is 42.3 Å². The summed E-state index contributed by atoms with van der Waals surface area (Å²) < 4.78 is 1.99. The van der Waals surface area contributed by atoms with Gasteiger partial charge in [-0.1, -0.05) is 49.6 Å². The molecule has 2 bridgehead atoms. The summed E-state index contributed by atoms with van der Waals surface area (Å²) in [5.41, 5.74) is 3.53. The zero-order chi connectivity index (χ0) is 19.1. The fraction of sp³-hybridized carbons (Fsp3) is 0.500. The fourth-order valence-electron chi connectivity index (χ4n) is 5.66. The molecular weight excluding hydrogens is 348 g/mol. The van der Waals surface area contributed by atoms with Gasteiger partial charge in [0.15, 0.2) is 0 Å². The number of carbonyl (C=O) groups excluding carboxylic acids is 1. The van der Waals surface area contributed by atoms with Crippen molar-refractivity contribution in [1.82, 2.24) is 9.47 Å². The lowest BCUT2D eigenvalue weighted by Crippen LogP contribution is -2.51. The standard InChI is InChI=1S/C24H28N2O2/c27-22-12-11-21(18-7-3-1-4-8-18)23-20-13-17(15-26(22)23)14-25(16-20)24(28)19-9-5-2-6-10-19/h1,3-4,7-8,11-12,17,19-20H,2,5-6,9-10,13-16H2/t17-,20+/m0/s1. The van der Waals surface area contributed by atoms with E-state index >= 15 is 0 Å². The molecule has 4 nitrogen and oxygen atoms in total. The number of fused-ring (bicyclic) bond motifs is 4. The maximum absolute atomic E-state index is 13.2. The molecule has 1 amide bonds. The molecule has 1 saturated heterocycles. The second kappa shape index (κ2) is 7.23. The van der Waals surface area contributed by atoms with Crippen LogP contribution < -0.4 is 5.56 Å². The van der Waals surface area contributed by atoms with Gasteiger partial charge in [-0.15, -0.1) is 0 Å². The molecule has 3 heterocycles. The summed E-state index contributed by atoms with van der Waals surface area (Å²) >= 11 is 0. The van der Waals surface area contributed by atoms with Crippen molar-refractivity contribution >= 4 is 5.91 Å². The lowest BCUT2D eigenvalue weighted by atomic mass is 9.79. The molecule has 3 aliphatic rings. The van der Waals surface area contributed by atoms with Crippen LogP contribution in [0, 0.1) is 11.8 Å². The molecule has 1 aromatic carbocycles. The number of aromatic nitrogens is 1. The van der Waals surface area contributed by atoms with Crippen LogP contribution in [0.4, 0.5) is 0 Å². The third kappa shape index (κ3) is 3.09. The Morgan fingerprint density at radius 2 is 1.68 bits per heavy atom. The first-order chi connectivity index (χ1) is 13.7. The largest absolute Gasteiger partial charge is 0.341 e. The molecule has 28 heavy (non-hydrogen) atoms. The van der Waals surface area contributed by atoms with Crippen LogP contribution in [-0.2, 0) is 11.3 Å². The van der Waals surface area contributed by atoms with Crippen molar-refractivity contribution in [2.45, 2.75) is 51.0 Å². The molecule has 0 N–H and O–H groups in total. The molecule has 2 aliphatic heterocycles. The highest BCUT2D eigenvalue weighted by molar-refractivity contribution is 5.79. The number of carbonyl (C=O) groups is 1. The second-order valence-electron chi connectivity index (χ2n) is 8.82. The normalized spacial score (nSPS) is 24.6. The van der Waals surface area contributed by atoms with Gasteiger partial charge in [0.25, 0.3) is 5.56 Å². The number of benzene rings is 1. The van der Waals surface area contributed by atoms with Crippen molar-refractivity contribution < 1.29 is 4.79 Å². The summed E-state index contributed by atoms with van der Waals surface area (Å²) in [5.74, 6) is 1.23. The lowest BCUT2D eigenvalue weighted by molar-refractivity contribution is -0.139. The zero-order valence-corrected chi connectivity index (χ0v) is 16.3. The SMILES string of the molecule is O=C(C1CCCCC1)N1C[C@@H]2C[C@H](C1)c1c(-c3ccccc3)ccc(=O)n1C2. The molecule has 4 heteroatoms. The van der Waals surface area contributed by atoms with Crippen LogP contribution in [0.2, 0.25) is 0 Å². The van der Waals surface area contributed by atoms with E-state index in [1.807, 2.05) is 28.8 Å². The molecule has 2 fully saturated rings. The maximum Gasteiger partial charge on any atom is 0.250 e. The van der Waals surface area contributed by atoms with Crippen molar-refractivity contribution in [2.24, 2.45) is 11.8 Å². The van der Waals surface area contributed by atoms with Gasteiger partial charge in [-0.3, -0.25) is 9.59 Å². The number of likely N-dealkylation sites (tertiary alicyclic amines) is 1. The molecule has 0 unspecified atom stereocenters. The van der Waals surface area contributed by atoms with Crippen LogP contribution in [0.5, 0.6) is 0 Å². The van der Waals surface area contributed by atoms with Crippen molar-refractivity contribution in [2.75, 3.05) is 13.1 Å². The van der Waals surface area contributed by atoms with Crippen molar-refractivity contribution in [1.29, 1.82) is 0 Å². The minimum Gasteiger partial charge on any atom is -0.341 e. The minimum atomic E-state index is 0.0939. The Bertz CT molecular complexity index is 927. The molecule has 1 saturated carbocycles. The molecule has 0 spiro atoms. The highest BCUT2D eigenvalue weighted by Gasteiger charge is 2.39. The Morgan fingerprint density at radius 3 is 2.46 bits per heavy atom. The zero-order valence-electron chi connectivity index (χ0n) is 16.3. The first-order valence-corrected chi connectivity index (χ1v) is 10.8. The summed E-state index contributed by atoms with van der Waals surface area (Å²) in [6.07, 6.45) is 6.83. The van der Waals surface area contributed by atoms with E-state index in [1.165, 1.54) is 19.3 Å². The van der Waals surface area contributed by atoms with Crippen LogP contribution in [0.25, 0.3) is 11.1 Å². The summed E-state index contributed by atoms with van der Waals surface area (Å²) in [5, 5.41) is 0. The van der Waals surface area contributed by atoms with E-state index < -0.39 is 0 Å². The molecule has 1 aliphatic carbocycles. The number of pyridine rings is 1. The number of nitrogens with zero attached hydrogens (tertiary/aromatic N) is 2. The van der Waals surface area contributed by atoms with E-state index in [1.54, 1.807) is 6.07 Å². The molecule has 1 aromatic heterocycles. The lowest BCUT2D eigenvalue weighted by Gasteiger charge is -2.44. The Balaban J connectivity index is 1.49. The number of rotatable bonds is 2. The van der Waals surface area contributed by atoms with Gasteiger partial charge >= 0.3 is 0 Å². The molecule has 2 atom stereocenters. The third-order valence-electron chi connectivity index (χ3n) is 6.94. The van der Waals surface area contributed by atoms with Crippen molar-refractivity contribution in [3.05, 3.63) is 58.5 Å². The average Bonchev–Trinajstić information content (AvgIpc) is 2.75. The highest BCUT2D eigenvalue weighted by atomic mass is 16.2. The van der Waals surface area contributed by atoms with E-state index in [-0.39, 0.29) is 17.4 Å². The number of hydrogen-bond donors (Lipinski definition) is 0. The molecule has 5 rings (SSSR count). The summed E-state index contributed by atoms with van der Waals surface area (Å²) in [6, 6.07) is 14.0.